The second-order valence-corrected chi connectivity index (χ2v) is 6.59. The number of anilines is 1. The molecule has 0 fully saturated rings. The van der Waals surface area contributed by atoms with E-state index in [1.807, 2.05) is 38.1 Å². The Morgan fingerprint density at radius 2 is 2.08 bits per heavy atom. The molecule has 1 aromatic carbocycles. The quantitative estimate of drug-likeness (QED) is 0.376. The highest BCUT2D eigenvalue weighted by Crippen LogP contribution is 2.22. The average molecular weight is 414 g/mol. The maximum Gasteiger partial charge on any atom is 0.287 e. The number of benzene rings is 1. The topological polar surface area (TPSA) is 85.3 Å². The van der Waals surface area contributed by atoms with Crippen molar-refractivity contribution in [1.82, 2.24) is 9.55 Å². The fourth-order valence-corrected chi connectivity index (χ4v) is 3.05. The van der Waals surface area contributed by atoms with E-state index in [0.29, 0.717) is 5.82 Å². The zero-order valence-corrected chi connectivity index (χ0v) is 15.8. The van der Waals surface area contributed by atoms with E-state index in [9.17, 15) is 10.1 Å². The third-order valence-corrected chi connectivity index (χ3v) is 4.37. The third kappa shape index (κ3) is 3.80. The first kappa shape index (κ1) is 17.8. The summed E-state index contributed by atoms with van der Waals surface area (Å²) in [5.41, 5.74) is 6.91. The minimum absolute atomic E-state index is 0.0582. The van der Waals surface area contributed by atoms with Crippen LogP contribution in [0, 0.1) is 24.0 Å². The molecule has 0 aliphatic heterocycles. The maximum atomic E-state index is 10.6. The van der Waals surface area contributed by atoms with Crippen molar-refractivity contribution in [2.24, 2.45) is 5.10 Å². The Morgan fingerprint density at radius 3 is 2.73 bits per heavy atom. The molecule has 2 aromatic heterocycles. The predicted octanol–water partition coefficient (Wildman–Crippen LogP) is 4.61. The number of hydrazone groups is 1. The Bertz CT molecular complexity index is 980. The molecule has 0 aliphatic carbocycles. The van der Waals surface area contributed by atoms with Gasteiger partial charge in [-0.15, -0.1) is 0 Å². The molecule has 8 heteroatoms. The number of hydrogen-bond donors (Lipinski definition) is 1. The number of nitro groups is 1. The van der Waals surface area contributed by atoms with Crippen LogP contribution in [0.15, 0.2) is 58.2 Å². The molecule has 0 atom stereocenters. The van der Waals surface area contributed by atoms with Gasteiger partial charge in [0.25, 0.3) is 5.69 Å². The zero-order chi connectivity index (χ0) is 18.7. The molecule has 3 rings (SSSR count). The maximum absolute atomic E-state index is 10.6. The van der Waals surface area contributed by atoms with Crippen molar-refractivity contribution in [2.75, 3.05) is 5.43 Å². The van der Waals surface area contributed by atoms with Gasteiger partial charge in [0.2, 0.25) is 0 Å². The molecule has 2 heterocycles. The molecular weight excluding hydrogens is 398 g/mol. The van der Waals surface area contributed by atoms with Crippen molar-refractivity contribution in [3.63, 3.8) is 0 Å². The summed E-state index contributed by atoms with van der Waals surface area (Å²) in [6.07, 6.45) is 2.90. The van der Waals surface area contributed by atoms with Gasteiger partial charge in [0, 0.05) is 33.2 Å². The lowest BCUT2D eigenvalue weighted by molar-refractivity contribution is -0.385. The molecule has 0 saturated heterocycles. The van der Waals surface area contributed by atoms with Crippen molar-refractivity contribution in [3.05, 3.63) is 80.2 Å². The number of aromatic nitrogens is 2. The number of hydrogen-bond acceptors (Lipinski definition) is 5. The van der Waals surface area contributed by atoms with Crippen molar-refractivity contribution < 1.29 is 4.92 Å². The van der Waals surface area contributed by atoms with E-state index in [4.69, 9.17) is 0 Å². The second kappa shape index (κ2) is 7.49. The monoisotopic (exact) mass is 413 g/mol. The van der Waals surface area contributed by atoms with Gasteiger partial charge in [-0.3, -0.25) is 15.5 Å². The van der Waals surface area contributed by atoms with Gasteiger partial charge in [0.1, 0.15) is 12.0 Å². The molecular formula is C18H16BrN5O2. The summed E-state index contributed by atoms with van der Waals surface area (Å²) in [6, 6.07) is 13.0. The van der Waals surface area contributed by atoms with Crippen LogP contribution in [0.3, 0.4) is 0 Å². The summed E-state index contributed by atoms with van der Waals surface area (Å²) < 4.78 is 3.17. The van der Waals surface area contributed by atoms with Crippen LogP contribution in [0.2, 0.25) is 0 Å². The Labute approximate surface area is 158 Å². The first-order valence-corrected chi connectivity index (χ1v) is 8.59. The molecule has 0 aliphatic rings. The largest absolute Gasteiger partial charge is 0.318 e. The normalized spacial score (nSPS) is 11.0. The van der Waals surface area contributed by atoms with E-state index in [-0.39, 0.29) is 5.69 Å². The molecule has 1 N–H and O–H groups in total. The van der Waals surface area contributed by atoms with E-state index in [1.54, 1.807) is 6.21 Å². The van der Waals surface area contributed by atoms with Crippen LogP contribution in [-0.2, 0) is 0 Å². The Kier molecular flexibility index (Phi) is 5.13. The van der Waals surface area contributed by atoms with Gasteiger partial charge >= 0.3 is 0 Å². The lowest BCUT2D eigenvalue weighted by Gasteiger charge is -2.09. The summed E-state index contributed by atoms with van der Waals surface area (Å²) in [6.45, 7) is 4.07. The van der Waals surface area contributed by atoms with Crippen LogP contribution in [0.5, 0.6) is 0 Å². The number of aryl methyl sites for hydroxylation is 1. The molecule has 0 saturated carbocycles. The van der Waals surface area contributed by atoms with Gasteiger partial charge in [-0.25, -0.2) is 4.98 Å². The van der Waals surface area contributed by atoms with Gasteiger partial charge in [0.15, 0.2) is 0 Å². The standard InChI is InChI=1S/C18H16BrN5O2/c1-12-8-14(13(2)23(12)16-5-3-4-15(19)9-16)10-21-22-18-7-6-17(11-20-18)24(25)26/h3-11H,1-2H3,(H,20,22). The van der Waals surface area contributed by atoms with Gasteiger partial charge in [-0.05, 0) is 44.2 Å². The van der Waals surface area contributed by atoms with Crippen molar-refractivity contribution in [1.29, 1.82) is 0 Å². The molecule has 0 unspecified atom stereocenters. The zero-order valence-electron chi connectivity index (χ0n) is 14.2. The van der Waals surface area contributed by atoms with Gasteiger partial charge in [-0.2, -0.15) is 5.10 Å². The van der Waals surface area contributed by atoms with Gasteiger partial charge in [-0.1, -0.05) is 22.0 Å². The van der Waals surface area contributed by atoms with E-state index in [0.717, 1.165) is 27.1 Å². The van der Waals surface area contributed by atoms with Crippen molar-refractivity contribution in [2.45, 2.75) is 13.8 Å². The lowest BCUT2D eigenvalue weighted by Crippen LogP contribution is -2.00. The minimum Gasteiger partial charge on any atom is -0.318 e. The van der Waals surface area contributed by atoms with E-state index < -0.39 is 4.92 Å². The van der Waals surface area contributed by atoms with Crippen LogP contribution in [-0.4, -0.2) is 20.7 Å². The van der Waals surface area contributed by atoms with Crippen LogP contribution < -0.4 is 5.43 Å². The highest BCUT2D eigenvalue weighted by atomic mass is 79.9. The molecule has 0 radical (unpaired) electrons. The first-order chi connectivity index (χ1) is 12.5. The van der Waals surface area contributed by atoms with Crippen LogP contribution in [0.1, 0.15) is 17.0 Å². The van der Waals surface area contributed by atoms with Crippen molar-refractivity contribution >= 4 is 33.6 Å². The fraction of sp³-hybridized carbons (Fsp3) is 0.111. The molecule has 26 heavy (non-hydrogen) atoms. The van der Waals surface area contributed by atoms with E-state index in [1.165, 1.54) is 18.3 Å². The molecule has 0 amide bonds. The Balaban J connectivity index is 1.79. The Morgan fingerprint density at radius 1 is 1.27 bits per heavy atom. The average Bonchev–Trinajstić information content (AvgIpc) is 2.89. The number of halogens is 1. The third-order valence-electron chi connectivity index (χ3n) is 3.88. The van der Waals surface area contributed by atoms with Gasteiger partial charge in [0.05, 0.1) is 11.1 Å². The molecule has 132 valence electrons. The first-order valence-electron chi connectivity index (χ1n) is 7.80. The molecule has 3 aromatic rings. The summed E-state index contributed by atoms with van der Waals surface area (Å²) in [7, 11) is 0. The van der Waals surface area contributed by atoms with Crippen molar-refractivity contribution in [3.8, 4) is 5.69 Å². The molecule has 0 spiro atoms. The minimum atomic E-state index is -0.489. The summed E-state index contributed by atoms with van der Waals surface area (Å²) in [5.74, 6) is 0.438. The second-order valence-electron chi connectivity index (χ2n) is 5.67. The molecule has 7 nitrogen and oxygen atoms in total. The number of nitrogens with zero attached hydrogens (tertiary/aromatic N) is 4. The Hall–Kier alpha value is -3.00. The van der Waals surface area contributed by atoms with Gasteiger partial charge < -0.3 is 4.57 Å². The summed E-state index contributed by atoms with van der Waals surface area (Å²) in [4.78, 5) is 14.1. The molecule has 0 bridgehead atoms. The lowest BCUT2D eigenvalue weighted by atomic mass is 10.2. The number of rotatable bonds is 5. The van der Waals surface area contributed by atoms with E-state index in [2.05, 4.69) is 42.1 Å². The summed E-state index contributed by atoms with van der Waals surface area (Å²) >= 11 is 3.50. The predicted molar refractivity (Wildman–Crippen MR) is 105 cm³/mol. The van der Waals surface area contributed by atoms with Crippen LogP contribution >= 0.6 is 15.9 Å². The summed E-state index contributed by atoms with van der Waals surface area (Å²) in [5, 5.41) is 14.8. The fourth-order valence-electron chi connectivity index (χ4n) is 2.66. The van der Waals surface area contributed by atoms with Crippen LogP contribution in [0.4, 0.5) is 11.5 Å². The van der Waals surface area contributed by atoms with Crippen LogP contribution in [0.25, 0.3) is 5.69 Å². The highest BCUT2D eigenvalue weighted by molar-refractivity contribution is 9.10. The number of pyridine rings is 1. The highest BCUT2D eigenvalue weighted by Gasteiger charge is 2.10. The smallest absolute Gasteiger partial charge is 0.287 e. The number of nitrogens with one attached hydrogen (secondary N) is 1. The SMILES string of the molecule is Cc1cc(C=NNc2ccc([N+](=O)[O-])cn2)c(C)n1-c1cccc(Br)c1. The van der Waals surface area contributed by atoms with E-state index >= 15 is 0 Å².